The molecule has 0 N–H and O–H groups in total. The molecule has 0 nitrogen and oxygen atoms in total. The summed E-state index contributed by atoms with van der Waals surface area (Å²) in [6.45, 7) is 3.74. The van der Waals surface area contributed by atoms with Crippen molar-refractivity contribution in [2.24, 2.45) is 0 Å². The first-order valence-electron chi connectivity index (χ1n) is 5.54. The summed E-state index contributed by atoms with van der Waals surface area (Å²) in [6.07, 6.45) is 5.47. The average Bonchev–Trinajstić information content (AvgIpc) is 2.74. The number of aryl methyl sites for hydroxylation is 1. The van der Waals surface area contributed by atoms with Crippen molar-refractivity contribution in [3.05, 3.63) is 54.6 Å². The Morgan fingerprint density at radius 1 is 1.24 bits per heavy atom. The average molecular weight is 345 g/mol. The van der Waals surface area contributed by atoms with Crippen LogP contribution in [0.2, 0.25) is 0 Å². The van der Waals surface area contributed by atoms with Crippen LogP contribution in [0.15, 0.2) is 49.1 Å². The van der Waals surface area contributed by atoms with Gasteiger partial charge in [-0.2, -0.15) is 6.07 Å². The predicted molar refractivity (Wildman–Crippen MR) is 74.4 cm³/mol. The van der Waals surface area contributed by atoms with E-state index < -0.39 is 20.8 Å². The summed E-state index contributed by atoms with van der Waals surface area (Å²) in [5.74, 6) is 0. The quantitative estimate of drug-likeness (QED) is 0.393. The number of hydrogen-bond acceptors (Lipinski definition) is 0. The molecule has 0 atom stereocenters. The molecule has 0 aliphatic heterocycles. The van der Waals surface area contributed by atoms with Gasteiger partial charge in [-0.15, -0.1) is 47.2 Å². The molecule has 0 aliphatic rings. The summed E-state index contributed by atoms with van der Waals surface area (Å²) in [4.78, 5) is 0. The molecule has 0 heterocycles. The van der Waals surface area contributed by atoms with Gasteiger partial charge in [0.25, 0.3) is 0 Å². The van der Waals surface area contributed by atoms with Crippen LogP contribution in [0.1, 0.15) is 18.4 Å². The number of hydrogen-bond donors (Lipinski definition) is 0. The number of benzene rings is 1. The standard InChI is InChI=1S/C14H15.2ClH.Zr/c1-2-3-4-7-12-10-11-13-8-5-6-9-14(12)13;;;/h2,5-6,8-11H,1,3-4,7H2;2*1H;/q-1;;;+2/p-2. The van der Waals surface area contributed by atoms with Gasteiger partial charge in [-0.3, -0.25) is 0 Å². The van der Waals surface area contributed by atoms with E-state index in [1.807, 2.05) is 6.08 Å². The van der Waals surface area contributed by atoms with Crippen LogP contribution >= 0.6 is 17.0 Å². The topological polar surface area (TPSA) is 0 Å². The van der Waals surface area contributed by atoms with Crippen molar-refractivity contribution in [2.45, 2.75) is 19.3 Å². The van der Waals surface area contributed by atoms with E-state index >= 15 is 0 Å². The Hall–Kier alpha value is 0.0331. The van der Waals surface area contributed by atoms with Crippen LogP contribution in [0.4, 0.5) is 0 Å². The minimum absolute atomic E-state index is 0.826. The second-order valence-corrected chi connectivity index (χ2v) is 7.43. The Morgan fingerprint density at radius 3 is 2.65 bits per heavy atom. The molecule has 17 heavy (non-hydrogen) atoms. The van der Waals surface area contributed by atoms with Gasteiger partial charge in [0, 0.05) is 0 Å². The maximum absolute atomic E-state index is 4.93. The molecule has 0 saturated carbocycles. The Bertz CT molecular complexity index is 448. The van der Waals surface area contributed by atoms with E-state index in [-0.39, 0.29) is 0 Å². The summed E-state index contributed by atoms with van der Waals surface area (Å²) in [7, 11) is 9.87. The Kier molecular flexibility index (Phi) is 8.02. The minimum atomic E-state index is -0.826. The fourth-order valence-electron chi connectivity index (χ4n) is 1.87. The van der Waals surface area contributed by atoms with Gasteiger partial charge in [-0.25, -0.2) is 0 Å². The third-order valence-corrected chi connectivity index (χ3v) is 2.63. The van der Waals surface area contributed by atoms with Crippen molar-refractivity contribution >= 4 is 27.8 Å². The summed E-state index contributed by atoms with van der Waals surface area (Å²) in [5.41, 5.74) is 1.47. The third-order valence-electron chi connectivity index (χ3n) is 2.63. The maximum atomic E-state index is 4.93. The molecule has 0 unspecified atom stereocenters. The van der Waals surface area contributed by atoms with E-state index in [2.05, 4.69) is 43.0 Å². The predicted octanol–water partition coefficient (Wildman–Crippen LogP) is 5.44. The van der Waals surface area contributed by atoms with Gasteiger partial charge >= 0.3 is 37.9 Å². The van der Waals surface area contributed by atoms with Crippen LogP contribution < -0.4 is 0 Å². The number of allylic oxidation sites excluding steroid dienone is 1. The number of halogens is 2. The van der Waals surface area contributed by atoms with E-state index in [4.69, 9.17) is 17.0 Å². The second-order valence-electron chi connectivity index (χ2n) is 3.70. The molecule has 90 valence electrons. The van der Waals surface area contributed by atoms with Gasteiger partial charge < -0.3 is 0 Å². The van der Waals surface area contributed by atoms with Crippen molar-refractivity contribution in [1.29, 1.82) is 0 Å². The van der Waals surface area contributed by atoms with Crippen LogP contribution in [0, 0.1) is 0 Å². The molecule has 3 heteroatoms. The zero-order chi connectivity index (χ0) is 12.5. The Balaban J connectivity index is 0.000000437. The van der Waals surface area contributed by atoms with Gasteiger partial charge in [0.05, 0.1) is 0 Å². The van der Waals surface area contributed by atoms with Gasteiger partial charge in [0.15, 0.2) is 0 Å². The molecule has 0 fully saturated rings. The SMILES string of the molecule is C=CCCC[c-]1ccc2ccccc21.[Cl][Zr][Cl]. The van der Waals surface area contributed by atoms with Crippen LogP contribution in [0.5, 0.6) is 0 Å². The fraction of sp³-hybridized carbons (Fsp3) is 0.214. The zero-order valence-corrected chi connectivity index (χ0v) is 13.6. The van der Waals surface area contributed by atoms with Crippen molar-refractivity contribution < 1.29 is 20.8 Å². The monoisotopic (exact) mass is 343 g/mol. The number of fused-ring (bicyclic) bond motifs is 1. The molecule has 2 aromatic rings. The first kappa shape index (κ1) is 15.1. The summed E-state index contributed by atoms with van der Waals surface area (Å²) < 4.78 is 0. The van der Waals surface area contributed by atoms with Crippen molar-refractivity contribution in [2.75, 3.05) is 0 Å². The molecule has 0 aliphatic carbocycles. The van der Waals surface area contributed by atoms with E-state index in [0.717, 1.165) is 6.42 Å². The van der Waals surface area contributed by atoms with Crippen LogP contribution in [-0.4, -0.2) is 0 Å². The van der Waals surface area contributed by atoms with Gasteiger partial charge in [-0.05, 0) is 6.42 Å². The fourth-order valence-corrected chi connectivity index (χ4v) is 1.87. The van der Waals surface area contributed by atoms with Gasteiger partial charge in [0.1, 0.15) is 0 Å². The number of rotatable bonds is 4. The Labute approximate surface area is 122 Å². The molecule has 0 spiro atoms. The number of unbranched alkanes of at least 4 members (excludes halogenated alkanes) is 1. The van der Waals surface area contributed by atoms with Crippen LogP contribution in [-0.2, 0) is 27.3 Å². The molecular formula is C14H15Cl2Zr-. The van der Waals surface area contributed by atoms with E-state index in [0.29, 0.717) is 0 Å². The molecule has 0 amide bonds. The van der Waals surface area contributed by atoms with Gasteiger partial charge in [0.2, 0.25) is 0 Å². The van der Waals surface area contributed by atoms with Crippen LogP contribution in [0.3, 0.4) is 0 Å². The normalized spacial score (nSPS) is 9.53. The summed E-state index contributed by atoms with van der Waals surface area (Å²) >= 11 is -0.826. The summed E-state index contributed by atoms with van der Waals surface area (Å²) in [5, 5.41) is 2.78. The Morgan fingerprint density at radius 2 is 1.94 bits per heavy atom. The van der Waals surface area contributed by atoms with Gasteiger partial charge in [-0.1, -0.05) is 25.0 Å². The zero-order valence-electron chi connectivity index (χ0n) is 9.63. The van der Waals surface area contributed by atoms with Crippen molar-refractivity contribution in [3.63, 3.8) is 0 Å². The van der Waals surface area contributed by atoms with E-state index in [9.17, 15) is 0 Å². The van der Waals surface area contributed by atoms with Crippen LogP contribution in [0.25, 0.3) is 10.8 Å². The van der Waals surface area contributed by atoms with Crippen molar-refractivity contribution in [1.82, 2.24) is 0 Å². The molecule has 2 rings (SSSR count). The first-order chi connectivity index (χ1) is 8.33. The summed E-state index contributed by atoms with van der Waals surface area (Å²) in [6, 6.07) is 13.0. The second kappa shape index (κ2) is 9.03. The van der Waals surface area contributed by atoms with E-state index in [1.165, 1.54) is 29.2 Å². The molecule has 0 aromatic heterocycles. The van der Waals surface area contributed by atoms with E-state index in [1.54, 1.807) is 0 Å². The molecule has 0 bridgehead atoms. The molecular weight excluding hydrogens is 330 g/mol. The van der Waals surface area contributed by atoms with Crippen molar-refractivity contribution in [3.8, 4) is 0 Å². The molecule has 2 aromatic carbocycles. The first-order valence-corrected chi connectivity index (χ1v) is 11.9. The third kappa shape index (κ3) is 5.04. The molecule has 0 saturated heterocycles. The molecule has 0 radical (unpaired) electrons.